The van der Waals surface area contributed by atoms with Gasteiger partial charge in [0.05, 0.1) is 10.6 Å². The lowest BCUT2D eigenvalue weighted by Gasteiger charge is -2.02. The minimum Gasteiger partial charge on any atom is -0.330 e. The second kappa shape index (κ2) is 8.93. The molecule has 0 aliphatic rings. The Balaban J connectivity index is 1.48. The smallest absolute Gasteiger partial charge is 0.267 e. The van der Waals surface area contributed by atoms with Crippen molar-refractivity contribution in [2.24, 2.45) is 0 Å². The highest BCUT2D eigenvalue weighted by Gasteiger charge is 2.13. The van der Waals surface area contributed by atoms with E-state index >= 15 is 0 Å². The summed E-state index contributed by atoms with van der Waals surface area (Å²) in [5.41, 5.74) is 2.21. The number of carbonyl (C=O) groups excluding carboxylic acids is 2. The molecule has 26 heavy (non-hydrogen) atoms. The summed E-state index contributed by atoms with van der Waals surface area (Å²) in [6.07, 6.45) is 0.997. The number of thiophene rings is 1. The predicted octanol–water partition coefficient (Wildman–Crippen LogP) is 3.95. The summed E-state index contributed by atoms with van der Waals surface area (Å²) in [6, 6.07) is 11.6. The number of thioether (sulfide) groups is 1. The highest BCUT2D eigenvalue weighted by Crippen LogP contribution is 2.27. The Kier molecular flexibility index (Phi) is 6.37. The van der Waals surface area contributed by atoms with Crippen molar-refractivity contribution < 1.29 is 9.59 Å². The van der Waals surface area contributed by atoms with E-state index < -0.39 is 0 Å². The van der Waals surface area contributed by atoms with E-state index in [0.717, 1.165) is 12.1 Å². The first kappa shape index (κ1) is 18.6. The fraction of sp³-hybridized carbons (Fsp3) is 0.176. The molecule has 0 saturated heterocycles. The van der Waals surface area contributed by atoms with Crippen LogP contribution in [0, 0.1) is 0 Å². The molecule has 1 aromatic carbocycles. The van der Waals surface area contributed by atoms with Crippen molar-refractivity contribution in [3.63, 3.8) is 0 Å². The molecule has 2 heterocycles. The van der Waals surface area contributed by atoms with Crippen LogP contribution in [0.5, 0.6) is 0 Å². The molecule has 2 N–H and O–H groups in total. The van der Waals surface area contributed by atoms with Gasteiger partial charge in [0.2, 0.25) is 11.0 Å². The van der Waals surface area contributed by atoms with Gasteiger partial charge >= 0.3 is 0 Å². The first-order chi connectivity index (χ1) is 12.6. The van der Waals surface area contributed by atoms with Gasteiger partial charge in [0.1, 0.15) is 0 Å². The quantitative estimate of drug-likeness (QED) is 0.580. The van der Waals surface area contributed by atoms with Crippen LogP contribution in [0.3, 0.4) is 0 Å². The lowest BCUT2D eigenvalue weighted by molar-refractivity contribution is -0.117. The van der Waals surface area contributed by atoms with Gasteiger partial charge in [-0.2, -0.15) is 0 Å². The van der Waals surface area contributed by atoms with Crippen molar-refractivity contribution in [3.8, 4) is 0 Å². The van der Waals surface area contributed by atoms with Gasteiger partial charge in [-0.05, 0) is 35.6 Å². The molecule has 9 heteroatoms. The molecule has 3 rings (SSSR count). The molecule has 0 atom stereocenters. The Morgan fingerprint density at radius 2 is 1.96 bits per heavy atom. The molecule has 0 fully saturated rings. The van der Waals surface area contributed by atoms with Gasteiger partial charge in [-0.25, -0.2) is 0 Å². The standard InChI is InChI=1S/C17H16N4O2S3/c1-2-11-5-7-12(8-6-11)18-16-20-21-17(26-16)25-10-14(22)19-15(23)13-4-3-9-24-13/h3-9H,2,10H2,1H3,(H,18,20)(H,19,22,23). The van der Waals surface area contributed by atoms with Gasteiger partial charge in [0.25, 0.3) is 5.91 Å². The summed E-state index contributed by atoms with van der Waals surface area (Å²) in [4.78, 5) is 24.2. The minimum absolute atomic E-state index is 0.108. The molecule has 0 spiro atoms. The van der Waals surface area contributed by atoms with Crippen LogP contribution in [0.4, 0.5) is 10.8 Å². The number of rotatable bonds is 7. The molecule has 0 aliphatic heterocycles. The summed E-state index contributed by atoms with van der Waals surface area (Å²) in [6.45, 7) is 2.11. The summed E-state index contributed by atoms with van der Waals surface area (Å²) in [5, 5.41) is 16.1. The predicted molar refractivity (Wildman–Crippen MR) is 107 cm³/mol. The fourth-order valence-electron chi connectivity index (χ4n) is 2.03. The van der Waals surface area contributed by atoms with E-state index in [9.17, 15) is 9.59 Å². The second-order valence-corrected chi connectivity index (χ2v) is 8.34. The van der Waals surface area contributed by atoms with Crippen molar-refractivity contribution in [3.05, 3.63) is 52.2 Å². The third kappa shape index (κ3) is 5.13. The molecule has 0 unspecified atom stereocenters. The number of carbonyl (C=O) groups is 2. The molecular formula is C17H16N4O2S3. The average molecular weight is 405 g/mol. The van der Waals surface area contributed by atoms with Crippen molar-refractivity contribution in [2.45, 2.75) is 17.7 Å². The SMILES string of the molecule is CCc1ccc(Nc2nnc(SCC(=O)NC(=O)c3cccs3)s2)cc1. The lowest BCUT2D eigenvalue weighted by atomic mass is 10.1. The first-order valence-corrected chi connectivity index (χ1v) is 10.5. The summed E-state index contributed by atoms with van der Waals surface area (Å²) < 4.78 is 0.663. The maximum absolute atomic E-state index is 11.9. The van der Waals surface area contributed by atoms with Crippen LogP contribution < -0.4 is 10.6 Å². The summed E-state index contributed by atoms with van der Waals surface area (Å²) >= 11 is 3.91. The topological polar surface area (TPSA) is 84.0 Å². The zero-order chi connectivity index (χ0) is 18.4. The Hall–Kier alpha value is -2.23. The maximum Gasteiger partial charge on any atom is 0.267 e. The molecular weight excluding hydrogens is 388 g/mol. The van der Waals surface area contributed by atoms with Crippen LogP contribution in [0.1, 0.15) is 22.2 Å². The number of nitrogens with one attached hydrogen (secondary N) is 2. The van der Waals surface area contributed by atoms with E-state index in [2.05, 4.69) is 39.9 Å². The van der Waals surface area contributed by atoms with Crippen molar-refractivity contribution in [1.82, 2.24) is 15.5 Å². The van der Waals surface area contributed by atoms with E-state index in [1.165, 1.54) is 40.0 Å². The van der Waals surface area contributed by atoms with Gasteiger partial charge in [0.15, 0.2) is 4.34 Å². The molecule has 0 radical (unpaired) electrons. The normalized spacial score (nSPS) is 10.5. The van der Waals surface area contributed by atoms with Crippen molar-refractivity contribution >= 4 is 57.1 Å². The largest absolute Gasteiger partial charge is 0.330 e. The Labute approximate surface area is 163 Å². The number of anilines is 2. The third-order valence-electron chi connectivity index (χ3n) is 3.34. The Morgan fingerprint density at radius 1 is 1.15 bits per heavy atom. The van der Waals surface area contributed by atoms with Crippen LogP contribution in [0.25, 0.3) is 0 Å². The fourth-order valence-corrected chi connectivity index (χ4v) is 4.22. The number of benzene rings is 1. The average Bonchev–Trinajstić information content (AvgIpc) is 3.33. The number of hydrogen-bond donors (Lipinski definition) is 2. The number of nitrogens with zero attached hydrogens (tertiary/aromatic N) is 2. The van der Waals surface area contributed by atoms with Gasteiger partial charge in [-0.3, -0.25) is 14.9 Å². The molecule has 0 saturated carbocycles. The van der Waals surface area contributed by atoms with Crippen LogP contribution in [-0.4, -0.2) is 27.8 Å². The number of imide groups is 1. The Bertz CT molecular complexity index is 876. The van der Waals surface area contributed by atoms with E-state index in [0.29, 0.717) is 14.3 Å². The first-order valence-electron chi connectivity index (χ1n) is 7.84. The van der Waals surface area contributed by atoms with E-state index in [1.807, 2.05) is 12.1 Å². The molecule has 134 valence electrons. The zero-order valence-corrected chi connectivity index (χ0v) is 16.3. The van der Waals surface area contributed by atoms with Crippen LogP contribution >= 0.6 is 34.4 Å². The van der Waals surface area contributed by atoms with E-state index in [1.54, 1.807) is 17.5 Å². The van der Waals surface area contributed by atoms with Crippen molar-refractivity contribution in [2.75, 3.05) is 11.1 Å². The highest BCUT2D eigenvalue weighted by atomic mass is 32.2. The van der Waals surface area contributed by atoms with Gasteiger partial charge in [-0.1, -0.05) is 48.2 Å². The van der Waals surface area contributed by atoms with Gasteiger partial charge in [0, 0.05) is 5.69 Å². The van der Waals surface area contributed by atoms with E-state index in [4.69, 9.17) is 0 Å². The molecule has 0 bridgehead atoms. The number of hydrogen-bond acceptors (Lipinski definition) is 8. The van der Waals surface area contributed by atoms with Gasteiger partial charge < -0.3 is 5.32 Å². The maximum atomic E-state index is 11.9. The number of amides is 2. The molecule has 2 aromatic heterocycles. The highest BCUT2D eigenvalue weighted by molar-refractivity contribution is 8.01. The number of aryl methyl sites for hydroxylation is 1. The Morgan fingerprint density at radius 3 is 2.65 bits per heavy atom. The molecule has 6 nitrogen and oxygen atoms in total. The second-order valence-electron chi connectivity index (χ2n) is 5.19. The zero-order valence-electron chi connectivity index (χ0n) is 13.9. The summed E-state index contributed by atoms with van der Waals surface area (Å²) in [5.74, 6) is -0.620. The van der Waals surface area contributed by atoms with Crippen LogP contribution in [0.2, 0.25) is 0 Å². The minimum atomic E-state index is -0.374. The van der Waals surface area contributed by atoms with Crippen molar-refractivity contribution in [1.29, 1.82) is 0 Å². The third-order valence-corrected chi connectivity index (χ3v) is 6.19. The molecule has 3 aromatic rings. The number of aromatic nitrogens is 2. The monoisotopic (exact) mass is 404 g/mol. The molecule has 0 aliphatic carbocycles. The lowest BCUT2D eigenvalue weighted by Crippen LogP contribution is -2.31. The summed E-state index contributed by atoms with van der Waals surface area (Å²) in [7, 11) is 0. The van der Waals surface area contributed by atoms with Crippen LogP contribution in [-0.2, 0) is 11.2 Å². The molecule has 2 amide bonds. The van der Waals surface area contributed by atoms with Crippen LogP contribution in [0.15, 0.2) is 46.1 Å². The van der Waals surface area contributed by atoms with Gasteiger partial charge in [-0.15, -0.1) is 21.5 Å². The van der Waals surface area contributed by atoms with E-state index in [-0.39, 0.29) is 17.6 Å².